The van der Waals surface area contributed by atoms with Gasteiger partial charge in [-0.1, -0.05) is 0 Å². The zero-order valence-electron chi connectivity index (χ0n) is 14.6. The Hall–Kier alpha value is -1.89. The second kappa shape index (κ2) is 6.20. The third-order valence-corrected chi connectivity index (χ3v) is 5.13. The molecule has 0 radical (unpaired) electrons. The standard InChI is InChI=1S/C17H24N4O2S/c1-17(2,3)19-14(22)11-6-5-8-21(10-11)16-18-12-7-9-24-13(12)15(23)20(16)4/h7,9,11H,5-6,8,10H2,1-4H3,(H,19,22). The Bertz CT molecular complexity index is 818. The summed E-state index contributed by atoms with van der Waals surface area (Å²) < 4.78 is 2.28. The highest BCUT2D eigenvalue weighted by atomic mass is 32.1. The molecular weight excluding hydrogens is 324 g/mol. The molecule has 0 saturated carbocycles. The Morgan fingerprint density at radius 2 is 2.17 bits per heavy atom. The van der Waals surface area contributed by atoms with Gasteiger partial charge in [-0.2, -0.15) is 0 Å². The Balaban J connectivity index is 1.86. The normalized spacial score (nSPS) is 18.8. The number of fused-ring (bicyclic) bond motifs is 1. The van der Waals surface area contributed by atoms with Crippen molar-refractivity contribution in [2.24, 2.45) is 13.0 Å². The summed E-state index contributed by atoms with van der Waals surface area (Å²) in [5.74, 6) is 0.654. The van der Waals surface area contributed by atoms with Crippen LogP contribution in [0.2, 0.25) is 0 Å². The quantitative estimate of drug-likeness (QED) is 0.903. The number of piperidine rings is 1. The Morgan fingerprint density at radius 3 is 2.88 bits per heavy atom. The van der Waals surface area contributed by atoms with Crippen molar-refractivity contribution in [2.75, 3.05) is 18.0 Å². The van der Waals surface area contributed by atoms with Crippen LogP contribution in [0.5, 0.6) is 0 Å². The highest BCUT2D eigenvalue weighted by Gasteiger charge is 2.29. The molecule has 0 bridgehead atoms. The third kappa shape index (κ3) is 3.31. The molecule has 1 aliphatic rings. The van der Waals surface area contributed by atoms with Gasteiger partial charge in [0.25, 0.3) is 5.56 Å². The van der Waals surface area contributed by atoms with E-state index < -0.39 is 0 Å². The van der Waals surface area contributed by atoms with E-state index in [9.17, 15) is 9.59 Å². The van der Waals surface area contributed by atoms with Gasteiger partial charge in [0.15, 0.2) is 0 Å². The number of aromatic nitrogens is 2. The van der Waals surface area contributed by atoms with Crippen molar-refractivity contribution < 1.29 is 4.79 Å². The zero-order valence-corrected chi connectivity index (χ0v) is 15.4. The summed E-state index contributed by atoms with van der Waals surface area (Å²) in [5, 5.41) is 4.95. The average molecular weight is 348 g/mol. The summed E-state index contributed by atoms with van der Waals surface area (Å²) >= 11 is 1.42. The number of anilines is 1. The number of hydrogen-bond donors (Lipinski definition) is 1. The fraction of sp³-hybridized carbons (Fsp3) is 0.588. The molecule has 3 rings (SSSR count). The van der Waals surface area contributed by atoms with E-state index in [1.165, 1.54) is 11.3 Å². The molecule has 2 aromatic rings. The largest absolute Gasteiger partial charge is 0.351 e. The second-order valence-electron chi connectivity index (χ2n) is 7.44. The minimum Gasteiger partial charge on any atom is -0.351 e. The Labute approximate surface area is 145 Å². The lowest BCUT2D eigenvalue weighted by Crippen LogP contribution is -2.49. The summed E-state index contributed by atoms with van der Waals surface area (Å²) in [5.41, 5.74) is 0.477. The molecule has 2 aromatic heterocycles. The van der Waals surface area contributed by atoms with Crippen molar-refractivity contribution in [3.8, 4) is 0 Å². The molecule has 0 spiro atoms. The van der Waals surface area contributed by atoms with Gasteiger partial charge in [0.1, 0.15) is 4.70 Å². The monoisotopic (exact) mass is 348 g/mol. The van der Waals surface area contributed by atoms with Crippen LogP contribution < -0.4 is 15.8 Å². The number of thiophene rings is 1. The molecule has 1 amide bonds. The molecule has 1 aliphatic heterocycles. The van der Waals surface area contributed by atoms with Crippen LogP contribution in [0.4, 0.5) is 5.95 Å². The van der Waals surface area contributed by atoms with Gasteiger partial charge in [-0.15, -0.1) is 11.3 Å². The van der Waals surface area contributed by atoms with Gasteiger partial charge in [-0.05, 0) is 45.1 Å². The number of nitrogens with one attached hydrogen (secondary N) is 1. The van der Waals surface area contributed by atoms with E-state index in [0.717, 1.165) is 24.9 Å². The molecule has 130 valence electrons. The summed E-state index contributed by atoms with van der Waals surface area (Å²) in [6.07, 6.45) is 1.78. The van der Waals surface area contributed by atoms with E-state index in [0.29, 0.717) is 17.2 Å². The number of carbonyl (C=O) groups excluding carboxylic acids is 1. The van der Waals surface area contributed by atoms with Crippen molar-refractivity contribution in [1.29, 1.82) is 0 Å². The maximum absolute atomic E-state index is 12.5. The first-order chi connectivity index (χ1) is 11.3. The van der Waals surface area contributed by atoms with Crippen LogP contribution in [-0.4, -0.2) is 34.1 Å². The van der Waals surface area contributed by atoms with E-state index in [4.69, 9.17) is 0 Å². The number of hydrogen-bond acceptors (Lipinski definition) is 5. The van der Waals surface area contributed by atoms with E-state index in [1.54, 1.807) is 11.6 Å². The molecule has 1 N–H and O–H groups in total. The van der Waals surface area contributed by atoms with Crippen molar-refractivity contribution in [3.63, 3.8) is 0 Å². The second-order valence-corrected chi connectivity index (χ2v) is 8.35. The first-order valence-electron chi connectivity index (χ1n) is 8.27. The van der Waals surface area contributed by atoms with Gasteiger partial charge in [-0.3, -0.25) is 14.2 Å². The van der Waals surface area contributed by atoms with Crippen LogP contribution in [0.15, 0.2) is 16.2 Å². The minimum absolute atomic E-state index is 0.0220. The molecule has 0 aromatic carbocycles. The topological polar surface area (TPSA) is 67.2 Å². The lowest BCUT2D eigenvalue weighted by atomic mass is 9.96. The predicted molar refractivity (Wildman–Crippen MR) is 97.7 cm³/mol. The molecule has 7 heteroatoms. The van der Waals surface area contributed by atoms with Crippen molar-refractivity contribution in [1.82, 2.24) is 14.9 Å². The van der Waals surface area contributed by atoms with Crippen LogP contribution in [0.3, 0.4) is 0 Å². The summed E-state index contributed by atoms with van der Waals surface area (Å²) in [6, 6.07) is 1.87. The van der Waals surface area contributed by atoms with Crippen molar-refractivity contribution in [2.45, 2.75) is 39.2 Å². The molecule has 3 heterocycles. The van der Waals surface area contributed by atoms with Gasteiger partial charge in [-0.25, -0.2) is 4.98 Å². The number of amides is 1. The summed E-state index contributed by atoms with van der Waals surface area (Å²) in [6.45, 7) is 7.37. The molecular formula is C17H24N4O2S. The van der Waals surface area contributed by atoms with Gasteiger partial charge in [0.05, 0.1) is 11.4 Å². The maximum Gasteiger partial charge on any atom is 0.272 e. The smallest absolute Gasteiger partial charge is 0.272 e. The van der Waals surface area contributed by atoms with Gasteiger partial charge in [0.2, 0.25) is 11.9 Å². The van der Waals surface area contributed by atoms with Crippen LogP contribution in [-0.2, 0) is 11.8 Å². The lowest BCUT2D eigenvalue weighted by Gasteiger charge is -2.34. The fourth-order valence-corrected chi connectivity index (χ4v) is 3.91. The molecule has 1 fully saturated rings. The van der Waals surface area contributed by atoms with Gasteiger partial charge >= 0.3 is 0 Å². The number of carbonyl (C=O) groups is 1. The maximum atomic E-state index is 12.5. The fourth-order valence-electron chi connectivity index (χ4n) is 3.10. The SMILES string of the molecule is Cn1c(N2CCCC(C(=O)NC(C)(C)C)C2)nc2ccsc2c1=O. The lowest BCUT2D eigenvalue weighted by molar-refractivity contribution is -0.126. The molecule has 1 atom stereocenters. The highest BCUT2D eigenvalue weighted by Crippen LogP contribution is 2.24. The molecule has 1 saturated heterocycles. The molecule has 0 aliphatic carbocycles. The van der Waals surface area contributed by atoms with Gasteiger partial charge < -0.3 is 10.2 Å². The summed E-state index contributed by atoms with van der Waals surface area (Å²) in [7, 11) is 1.75. The van der Waals surface area contributed by atoms with E-state index in [-0.39, 0.29) is 22.9 Å². The Kier molecular flexibility index (Phi) is 4.38. The van der Waals surface area contributed by atoms with Crippen molar-refractivity contribution >= 4 is 33.4 Å². The molecule has 1 unspecified atom stereocenters. The first kappa shape index (κ1) is 17.0. The minimum atomic E-state index is -0.236. The Morgan fingerprint density at radius 1 is 1.42 bits per heavy atom. The van der Waals surface area contributed by atoms with Crippen LogP contribution in [0.25, 0.3) is 10.2 Å². The van der Waals surface area contributed by atoms with Crippen LogP contribution in [0.1, 0.15) is 33.6 Å². The van der Waals surface area contributed by atoms with Crippen LogP contribution in [0, 0.1) is 5.92 Å². The first-order valence-corrected chi connectivity index (χ1v) is 9.15. The van der Waals surface area contributed by atoms with Gasteiger partial charge in [0, 0.05) is 25.7 Å². The van der Waals surface area contributed by atoms with E-state index >= 15 is 0 Å². The third-order valence-electron chi connectivity index (χ3n) is 4.24. The zero-order chi connectivity index (χ0) is 17.5. The number of rotatable bonds is 2. The molecule has 6 nitrogen and oxygen atoms in total. The van der Waals surface area contributed by atoms with Crippen LogP contribution >= 0.6 is 11.3 Å². The highest BCUT2D eigenvalue weighted by molar-refractivity contribution is 7.17. The van der Waals surface area contributed by atoms with E-state index in [1.807, 2.05) is 32.2 Å². The number of nitrogens with zero attached hydrogens (tertiary/aromatic N) is 3. The van der Waals surface area contributed by atoms with Crippen molar-refractivity contribution in [3.05, 3.63) is 21.8 Å². The van der Waals surface area contributed by atoms with E-state index in [2.05, 4.69) is 15.2 Å². The summed E-state index contributed by atoms with van der Waals surface area (Å²) in [4.78, 5) is 31.7. The molecule has 24 heavy (non-hydrogen) atoms. The predicted octanol–water partition coefficient (Wildman–Crippen LogP) is 2.13. The average Bonchev–Trinajstić information content (AvgIpc) is 2.98.